The number of rotatable bonds is 3. The molecule has 0 saturated heterocycles. The molecule has 0 fully saturated rings. The van der Waals surface area contributed by atoms with Crippen molar-refractivity contribution in [1.29, 1.82) is 0 Å². The van der Waals surface area contributed by atoms with E-state index in [9.17, 15) is 4.79 Å². The lowest BCUT2D eigenvalue weighted by Gasteiger charge is -2.08. The Hall–Kier alpha value is -0.290. The van der Waals surface area contributed by atoms with Gasteiger partial charge in [0.15, 0.2) is 0 Å². The Labute approximate surface area is 102 Å². The normalized spacial score (nSPS) is 12.2. The first kappa shape index (κ1) is 11.8. The fourth-order valence-electron chi connectivity index (χ4n) is 0.869. The van der Waals surface area contributed by atoms with Gasteiger partial charge >= 0.3 is 0 Å². The van der Waals surface area contributed by atoms with Crippen LogP contribution in [-0.4, -0.2) is 11.8 Å². The second-order valence-corrected chi connectivity index (χ2v) is 4.61. The SMILES string of the molecule is CC(CCl)C(=O)Nc1ccc(I)cc1. The predicted molar refractivity (Wildman–Crippen MR) is 67.7 cm³/mol. The van der Waals surface area contributed by atoms with Crippen LogP contribution < -0.4 is 5.32 Å². The highest BCUT2D eigenvalue weighted by atomic mass is 127. The summed E-state index contributed by atoms with van der Waals surface area (Å²) in [7, 11) is 0. The summed E-state index contributed by atoms with van der Waals surface area (Å²) in [4.78, 5) is 11.4. The molecule has 14 heavy (non-hydrogen) atoms. The predicted octanol–water partition coefficient (Wildman–Crippen LogP) is 3.10. The Bertz CT molecular complexity index is 312. The van der Waals surface area contributed by atoms with Crippen molar-refractivity contribution in [1.82, 2.24) is 0 Å². The molecule has 0 heterocycles. The molecule has 1 N–H and O–H groups in total. The molecule has 0 aliphatic heterocycles. The van der Waals surface area contributed by atoms with E-state index in [1.807, 2.05) is 24.3 Å². The van der Waals surface area contributed by atoms with E-state index in [2.05, 4.69) is 27.9 Å². The molecule has 1 unspecified atom stereocenters. The van der Waals surface area contributed by atoms with E-state index in [0.29, 0.717) is 5.88 Å². The summed E-state index contributed by atoms with van der Waals surface area (Å²) in [5, 5.41) is 2.79. The van der Waals surface area contributed by atoms with Crippen molar-refractivity contribution in [3.8, 4) is 0 Å². The van der Waals surface area contributed by atoms with Crippen LogP contribution in [0, 0.1) is 9.49 Å². The summed E-state index contributed by atoms with van der Waals surface area (Å²) in [6.07, 6.45) is 0. The molecule has 1 atom stereocenters. The average Bonchev–Trinajstić information content (AvgIpc) is 2.20. The molecule has 0 spiro atoms. The van der Waals surface area contributed by atoms with Crippen LogP contribution in [0.4, 0.5) is 5.69 Å². The lowest BCUT2D eigenvalue weighted by atomic mass is 10.2. The van der Waals surface area contributed by atoms with Crippen LogP contribution in [0.15, 0.2) is 24.3 Å². The highest BCUT2D eigenvalue weighted by Crippen LogP contribution is 2.12. The molecule has 1 rings (SSSR count). The van der Waals surface area contributed by atoms with Gasteiger partial charge in [0.05, 0.1) is 0 Å². The molecule has 1 aromatic rings. The summed E-state index contributed by atoms with van der Waals surface area (Å²) in [6, 6.07) is 7.64. The van der Waals surface area contributed by atoms with Crippen molar-refractivity contribution in [2.45, 2.75) is 6.92 Å². The fraction of sp³-hybridized carbons (Fsp3) is 0.300. The van der Waals surface area contributed by atoms with Gasteiger partial charge in [0.1, 0.15) is 0 Å². The summed E-state index contributed by atoms with van der Waals surface area (Å²) >= 11 is 7.79. The first-order valence-corrected chi connectivity index (χ1v) is 5.87. The van der Waals surface area contributed by atoms with Crippen LogP contribution in [0.2, 0.25) is 0 Å². The van der Waals surface area contributed by atoms with E-state index >= 15 is 0 Å². The Morgan fingerprint density at radius 1 is 1.50 bits per heavy atom. The number of anilines is 1. The van der Waals surface area contributed by atoms with Gasteiger partial charge < -0.3 is 5.32 Å². The molecular formula is C10H11ClINO. The van der Waals surface area contributed by atoms with E-state index < -0.39 is 0 Å². The van der Waals surface area contributed by atoms with Gasteiger partial charge in [-0.3, -0.25) is 4.79 Å². The molecule has 4 heteroatoms. The van der Waals surface area contributed by atoms with Gasteiger partial charge in [-0.05, 0) is 46.9 Å². The number of alkyl halides is 1. The van der Waals surface area contributed by atoms with E-state index in [-0.39, 0.29) is 11.8 Å². The minimum Gasteiger partial charge on any atom is -0.326 e. The number of hydrogen-bond acceptors (Lipinski definition) is 1. The molecule has 0 aromatic heterocycles. The Morgan fingerprint density at radius 2 is 2.07 bits per heavy atom. The zero-order chi connectivity index (χ0) is 10.6. The number of amides is 1. The topological polar surface area (TPSA) is 29.1 Å². The maximum atomic E-state index is 11.4. The third-order valence-electron chi connectivity index (χ3n) is 1.79. The van der Waals surface area contributed by atoms with E-state index in [1.165, 1.54) is 0 Å². The molecule has 0 saturated carbocycles. The second kappa shape index (κ2) is 5.56. The molecule has 0 aliphatic rings. The lowest BCUT2D eigenvalue weighted by molar-refractivity contribution is -0.118. The van der Waals surface area contributed by atoms with Gasteiger partial charge in [-0.15, -0.1) is 11.6 Å². The summed E-state index contributed by atoms with van der Waals surface area (Å²) in [5.41, 5.74) is 0.812. The van der Waals surface area contributed by atoms with Crippen LogP contribution in [0.5, 0.6) is 0 Å². The van der Waals surface area contributed by atoms with Crippen molar-refractivity contribution in [3.63, 3.8) is 0 Å². The second-order valence-electron chi connectivity index (χ2n) is 3.05. The number of nitrogens with one attached hydrogen (secondary N) is 1. The van der Waals surface area contributed by atoms with Gasteiger partial charge in [-0.2, -0.15) is 0 Å². The van der Waals surface area contributed by atoms with Crippen molar-refractivity contribution >= 4 is 45.8 Å². The summed E-state index contributed by atoms with van der Waals surface area (Å²) < 4.78 is 1.14. The average molecular weight is 324 g/mol. The third kappa shape index (κ3) is 3.46. The Kier molecular flexibility index (Phi) is 4.68. The first-order chi connectivity index (χ1) is 6.63. The molecule has 0 aliphatic carbocycles. The fourth-order valence-corrected chi connectivity index (χ4v) is 1.37. The van der Waals surface area contributed by atoms with Crippen LogP contribution in [0.3, 0.4) is 0 Å². The van der Waals surface area contributed by atoms with Gasteiger partial charge in [0.2, 0.25) is 5.91 Å². The smallest absolute Gasteiger partial charge is 0.228 e. The van der Waals surface area contributed by atoms with Crippen LogP contribution in [0.1, 0.15) is 6.92 Å². The van der Waals surface area contributed by atoms with Crippen molar-refractivity contribution in [2.75, 3.05) is 11.2 Å². The van der Waals surface area contributed by atoms with Gasteiger partial charge in [0, 0.05) is 21.1 Å². The highest BCUT2D eigenvalue weighted by Gasteiger charge is 2.10. The van der Waals surface area contributed by atoms with Crippen LogP contribution in [-0.2, 0) is 4.79 Å². The summed E-state index contributed by atoms with van der Waals surface area (Å²) in [5.74, 6) is 0.146. The number of hydrogen-bond donors (Lipinski definition) is 1. The van der Waals surface area contributed by atoms with Crippen LogP contribution in [0.25, 0.3) is 0 Å². The maximum absolute atomic E-state index is 11.4. The number of carbonyl (C=O) groups is 1. The third-order valence-corrected chi connectivity index (χ3v) is 2.97. The Balaban J connectivity index is 2.60. The minimum absolute atomic E-state index is 0.0405. The molecule has 1 amide bonds. The van der Waals surface area contributed by atoms with E-state index in [0.717, 1.165) is 9.26 Å². The van der Waals surface area contributed by atoms with E-state index in [4.69, 9.17) is 11.6 Å². The molecule has 2 nitrogen and oxygen atoms in total. The monoisotopic (exact) mass is 323 g/mol. The van der Waals surface area contributed by atoms with Crippen molar-refractivity contribution in [3.05, 3.63) is 27.8 Å². The first-order valence-electron chi connectivity index (χ1n) is 4.26. The molecule has 1 aromatic carbocycles. The van der Waals surface area contributed by atoms with Gasteiger partial charge in [0.25, 0.3) is 0 Å². The minimum atomic E-state index is -0.157. The number of carbonyl (C=O) groups excluding carboxylic acids is 1. The van der Waals surface area contributed by atoms with Gasteiger partial charge in [-0.1, -0.05) is 6.92 Å². The largest absolute Gasteiger partial charge is 0.326 e. The zero-order valence-electron chi connectivity index (χ0n) is 7.76. The van der Waals surface area contributed by atoms with Crippen molar-refractivity contribution in [2.24, 2.45) is 5.92 Å². The number of benzene rings is 1. The molecule has 76 valence electrons. The quantitative estimate of drug-likeness (QED) is 0.672. The Morgan fingerprint density at radius 3 is 2.57 bits per heavy atom. The molecule has 0 bridgehead atoms. The van der Waals surface area contributed by atoms with Crippen LogP contribution >= 0.6 is 34.2 Å². The van der Waals surface area contributed by atoms with Crippen molar-refractivity contribution < 1.29 is 4.79 Å². The molecule has 0 radical (unpaired) electrons. The number of halogens is 2. The van der Waals surface area contributed by atoms with Gasteiger partial charge in [-0.25, -0.2) is 0 Å². The maximum Gasteiger partial charge on any atom is 0.228 e. The zero-order valence-corrected chi connectivity index (χ0v) is 10.7. The molecular weight excluding hydrogens is 312 g/mol. The van der Waals surface area contributed by atoms with E-state index in [1.54, 1.807) is 6.92 Å². The standard InChI is InChI=1S/C10H11ClINO/c1-7(6-11)10(14)13-9-4-2-8(12)3-5-9/h2-5,7H,6H2,1H3,(H,13,14). The highest BCUT2D eigenvalue weighted by molar-refractivity contribution is 14.1. The summed E-state index contributed by atoms with van der Waals surface area (Å²) in [6.45, 7) is 1.80. The lowest BCUT2D eigenvalue weighted by Crippen LogP contribution is -2.21.